The second-order valence-electron chi connectivity index (χ2n) is 9.33. The lowest BCUT2D eigenvalue weighted by Gasteiger charge is -2.14. The minimum Gasteiger partial charge on any atom is -0.388 e. The van der Waals surface area contributed by atoms with Crippen LogP contribution in [-0.2, 0) is 6.54 Å². The first kappa shape index (κ1) is 30.6. The van der Waals surface area contributed by atoms with Crippen molar-refractivity contribution in [2.24, 2.45) is 0 Å². The number of aromatic amines is 1. The van der Waals surface area contributed by atoms with Gasteiger partial charge in [-0.05, 0) is 73.5 Å². The molecule has 3 N–H and O–H groups in total. The lowest BCUT2D eigenvalue weighted by molar-refractivity contribution is 0.724. The number of allylic oxidation sites excluding steroid dienone is 3. The van der Waals surface area contributed by atoms with Gasteiger partial charge in [-0.3, -0.25) is 4.98 Å². The van der Waals surface area contributed by atoms with Gasteiger partial charge in [0.05, 0.1) is 0 Å². The molecule has 40 heavy (non-hydrogen) atoms. The highest BCUT2D eigenvalue weighted by Crippen LogP contribution is 2.37. The molecular formula is C35H42N4S. The zero-order valence-electron chi connectivity index (χ0n) is 24.7. The van der Waals surface area contributed by atoms with Gasteiger partial charge in [0, 0.05) is 80.7 Å². The number of aryl methyl sites for hydroxylation is 1. The summed E-state index contributed by atoms with van der Waals surface area (Å²) in [6.45, 7) is 24.5. The van der Waals surface area contributed by atoms with Crippen LogP contribution in [0.15, 0.2) is 86.7 Å². The van der Waals surface area contributed by atoms with Crippen LogP contribution in [0.1, 0.15) is 65.5 Å². The number of benzene rings is 1. The molecule has 0 aliphatic heterocycles. The van der Waals surface area contributed by atoms with Crippen molar-refractivity contribution in [2.75, 3.05) is 18.9 Å². The molecule has 0 aliphatic carbocycles. The van der Waals surface area contributed by atoms with Crippen molar-refractivity contribution < 1.29 is 0 Å². The largest absolute Gasteiger partial charge is 0.388 e. The van der Waals surface area contributed by atoms with Crippen molar-refractivity contribution in [3.63, 3.8) is 0 Å². The van der Waals surface area contributed by atoms with E-state index in [1.807, 2.05) is 46.3 Å². The van der Waals surface area contributed by atoms with Gasteiger partial charge in [0.25, 0.3) is 0 Å². The monoisotopic (exact) mass is 550 g/mol. The molecule has 0 unspecified atom stereocenters. The smallest absolute Gasteiger partial charge is 0.0463 e. The summed E-state index contributed by atoms with van der Waals surface area (Å²) >= 11 is 1.75. The summed E-state index contributed by atoms with van der Waals surface area (Å²) in [6, 6.07) is 15.1. The van der Waals surface area contributed by atoms with Gasteiger partial charge in [-0.2, -0.15) is 0 Å². The Kier molecular flexibility index (Phi) is 11.1. The Morgan fingerprint density at radius 1 is 1.00 bits per heavy atom. The molecule has 3 aromatic heterocycles. The van der Waals surface area contributed by atoms with Crippen molar-refractivity contribution in [3.05, 3.63) is 125 Å². The van der Waals surface area contributed by atoms with Gasteiger partial charge >= 0.3 is 0 Å². The molecule has 4 aromatic rings. The first-order valence-corrected chi connectivity index (χ1v) is 14.6. The van der Waals surface area contributed by atoms with Crippen molar-refractivity contribution >= 4 is 33.7 Å². The van der Waals surface area contributed by atoms with E-state index in [9.17, 15) is 0 Å². The van der Waals surface area contributed by atoms with Gasteiger partial charge in [-0.25, -0.2) is 0 Å². The Hall–Kier alpha value is -3.93. The molecule has 4 rings (SSSR count). The number of aromatic nitrogens is 2. The second kappa shape index (κ2) is 14.5. The fourth-order valence-corrected chi connectivity index (χ4v) is 5.45. The number of pyridine rings is 1. The molecule has 0 radical (unpaired) electrons. The average molecular weight is 551 g/mol. The van der Waals surface area contributed by atoms with E-state index >= 15 is 0 Å². The topological polar surface area (TPSA) is 52.7 Å². The molecule has 5 heteroatoms. The zero-order chi connectivity index (χ0) is 29.2. The second-order valence-corrected chi connectivity index (χ2v) is 10.4. The molecule has 208 valence electrons. The third kappa shape index (κ3) is 6.98. The zero-order valence-corrected chi connectivity index (χ0v) is 25.6. The standard InChI is InChI=1S/C33H36N4S.C2H6/c1-8-10-27(33-14-13-32(38-33)21(3)4)29-17-31(37-23(29)6)22(5)28-16-25(11-12-30(28)34-7)26-15-24(18-35-9-2)19-36-20-26;1-2/h8,10-17,19-20,34-35,37H,1,3,5,9,18H2,2,4,6-7H3;1-2H3/b27-10+;. The summed E-state index contributed by atoms with van der Waals surface area (Å²) in [6.07, 6.45) is 7.75. The normalized spacial score (nSPS) is 11.0. The first-order valence-electron chi connectivity index (χ1n) is 13.8. The fraction of sp³-hybridized carbons (Fsp3) is 0.229. The van der Waals surface area contributed by atoms with E-state index in [2.05, 4.69) is 103 Å². The van der Waals surface area contributed by atoms with E-state index in [0.29, 0.717) is 0 Å². The van der Waals surface area contributed by atoms with Crippen LogP contribution in [0.5, 0.6) is 0 Å². The molecule has 0 saturated carbocycles. The van der Waals surface area contributed by atoms with Crippen LogP contribution in [0.2, 0.25) is 0 Å². The number of nitrogens with zero attached hydrogens (tertiary/aromatic N) is 1. The molecule has 4 nitrogen and oxygen atoms in total. The third-order valence-corrected chi connectivity index (χ3v) is 7.81. The highest BCUT2D eigenvalue weighted by molar-refractivity contribution is 7.14. The summed E-state index contributed by atoms with van der Waals surface area (Å²) in [7, 11) is 1.94. The van der Waals surface area contributed by atoms with Gasteiger partial charge in [-0.1, -0.05) is 58.7 Å². The van der Waals surface area contributed by atoms with E-state index in [4.69, 9.17) is 0 Å². The molecule has 3 heterocycles. The minimum absolute atomic E-state index is 0.800. The molecular weight excluding hydrogens is 508 g/mol. The number of thiophene rings is 1. The summed E-state index contributed by atoms with van der Waals surface area (Å²) in [5, 5.41) is 6.71. The Bertz CT molecular complexity index is 1520. The number of nitrogens with one attached hydrogen (secondary N) is 3. The van der Waals surface area contributed by atoms with Crippen LogP contribution in [-0.4, -0.2) is 23.6 Å². The number of hydrogen-bond donors (Lipinski definition) is 3. The van der Waals surface area contributed by atoms with Crippen molar-refractivity contribution in [3.8, 4) is 11.1 Å². The maximum absolute atomic E-state index is 4.51. The highest BCUT2D eigenvalue weighted by Gasteiger charge is 2.17. The van der Waals surface area contributed by atoms with Crippen LogP contribution >= 0.6 is 11.3 Å². The summed E-state index contributed by atoms with van der Waals surface area (Å²) < 4.78 is 0. The molecule has 1 aromatic carbocycles. The Morgan fingerprint density at radius 3 is 2.40 bits per heavy atom. The Balaban J connectivity index is 0.00000216. The van der Waals surface area contributed by atoms with Gasteiger partial charge in [-0.15, -0.1) is 11.3 Å². The highest BCUT2D eigenvalue weighted by atomic mass is 32.1. The number of hydrogen-bond acceptors (Lipinski definition) is 4. The number of anilines is 1. The number of rotatable bonds is 11. The van der Waals surface area contributed by atoms with Crippen molar-refractivity contribution in [2.45, 2.75) is 41.2 Å². The lowest BCUT2D eigenvalue weighted by Crippen LogP contribution is -2.11. The maximum Gasteiger partial charge on any atom is 0.0463 e. The molecule has 0 aliphatic rings. The molecule has 0 bridgehead atoms. The molecule has 0 fully saturated rings. The van der Waals surface area contributed by atoms with Gasteiger partial charge < -0.3 is 15.6 Å². The van der Waals surface area contributed by atoms with E-state index in [-0.39, 0.29) is 0 Å². The van der Waals surface area contributed by atoms with Crippen LogP contribution in [0, 0.1) is 6.92 Å². The van der Waals surface area contributed by atoms with Gasteiger partial charge in [0.1, 0.15) is 0 Å². The summed E-state index contributed by atoms with van der Waals surface area (Å²) in [5.41, 5.74) is 11.8. The fourth-order valence-electron chi connectivity index (χ4n) is 4.48. The van der Waals surface area contributed by atoms with Crippen LogP contribution < -0.4 is 10.6 Å². The first-order chi connectivity index (χ1) is 19.4. The Labute approximate surface area is 244 Å². The SMILES string of the molecule is C=C/C=C(/c1ccc(C(=C)C)s1)c1cc(C(=C)c2cc(-c3cncc(CNCC)c3)ccc2NC)[nH]c1C.CC. The van der Waals surface area contributed by atoms with Gasteiger partial charge in [0.2, 0.25) is 0 Å². The Morgan fingerprint density at radius 2 is 1.75 bits per heavy atom. The predicted octanol–water partition coefficient (Wildman–Crippen LogP) is 9.34. The molecule has 0 saturated heterocycles. The summed E-state index contributed by atoms with van der Waals surface area (Å²) in [5.74, 6) is 0. The van der Waals surface area contributed by atoms with Crippen LogP contribution in [0.3, 0.4) is 0 Å². The van der Waals surface area contributed by atoms with Crippen LogP contribution in [0.25, 0.3) is 27.8 Å². The average Bonchev–Trinajstić information content (AvgIpc) is 3.63. The lowest BCUT2D eigenvalue weighted by atomic mass is 9.96. The van der Waals surface area contributed by atoms with Crippen molar-refractivity contribution in [1.82, 2.24) is 15.3 Å². The molecule has 0 atom stereocenters. The van der Waals surface area contributed by atoms with E-state index in [0.717, 1.165) is 74.7 Å². The number of H-pyrrole nitrogens is 1. The van der Waals surface area contributed by atoms with E-state index < -0.39 is 0 Å². The summed E-state index contributed by atoms with van der Waals surface area (Å²) in [4.78, 5) is 10.4. The predicted molar refractivity (Wildman–Crippen MR) is 178 cm³/mol. The van der Waals surface area contributed by atoms with Crippen LogP contribution in [0.4, 0.5) is 5.69 Å². The van der Waals surface area contributed by atoms with Gasteiger partial charge in [0.15, 0.2) is 0 Å². The van der Waals surface area contributed by atoms with Crippen molar-refractivity contribution in [1.29, 1.82) is 0 Å². The van der Waals surface area contributed by atoms with E-state index in [1.165, 1.54) is 9.75 Å². The maximum atomic E-state index is 4.51. The van der Waals surface area contributed by atoms with E-state index in [1.54, 1.807) is 11.3 Å². The minimum atomic E-state index is 0.800. The molecule has 0 amide bonds. The molecule has 0 spiro atoms. The quantitative estimate of drug-likeness (QED) is 0.163. The third-order valence-electron chi connectivity index (χ3n) is 6.53.